The number of nitrogens with two attached hydrogens (primary N) is 1. The number of carbonyl (C=O) groups excluding carboxylic acids is 2. The molecule has 2 atom stereocenters. The Bertz CT molecular complexity index is 766. The first-order chi connectivity index (χ1) is 12.1. The van der Waals surface area contributed by atoms with Crippen molar-refractivity contribution in [2.75, 3.05) is 11.4 Å². The average molecular weight is 341 g/mol. The Hall–Kier alpha value is -2.73. The third-order valence-electron chi connectivity index (χ3n) is 4.32. The van der Waals surface area contributed by atoms with Crippen molar-refractivity contribution in [3.8, 4) is 0 Å². The van der Waals surface area contributed by atoms with Crippen LogP contribution in [0.2, 0.25) is 0 Å². The van der Waals surface area contributed by atoms with Gasteiger partial charge in [-0.3, -0.25) is 9.59 Å². The molecular weight excluding hydrogens is 321 g/mol. The third kappa shape index (κ3) is 3.85. The van der Waals surface area contributed by atoms with Crippen molar-refractivity contribution < 1.29 is 14.0 Å². The second kappa shape index (κ2) is 7.44. The molecule has 2 aromatic carbocycles. The highest BCUT2D eigenvalue weighted by Crippen LogP contribution is 2.24. The lowest BCUT2D eigenvalue weighted by atomic mass is 10.0. The fourth-order valence-corrected chi connectivity index (χ4v) is 2.99. The zero-order valence-corrected chi connectivity index (χ0v) is 13.7. The van der Waals surface area contributed by atoms with Gasteiger partial charge in [-0.2, -0.15) is 0 Å². The molecule has 5 nitrogen and oxygen atoms in total. The van der Waals surface area contributed by atoms with Gasteiger partial charge in [0.1, 0.15) is 11.9 Å². The third-order valence-corrected chi connectivity index (χ3v) is 4.32. The summed E-state index contributed by atoms with van der Waals surface area (Å²) >= 11 is 0. The lowest BCUT2D eigenvalue weighted by Crippen LogP contribution is -2.42. The van der Waals surface area contributed by atoms with Gasteiger partial charge in [-0.1, -0.05) is 42.5 Å². The lowest BCUT2D eigenvalue weighted by Gasteiger charge is -2.18. The highest BCUT2D eigenvalue weighted by atomic mass is 19.1. The number of hydrogen-bond acceptors (Lipinski definition) is 3. The quantitative estimate of drug-likeness (QED) is 0.875. The van der Waals surface area contributed by atoms with Crippen LogP contribution in [0.15, 0.2) is 54.6 Å². The van der Waals surface area contributed by atoms with Gasteiger partial charge in [-0.25, -0.2) is 4.39 Å². The van der Waals surface area contributed by atoms with Gasteiger partial charge >= 0.3 is 0 Å². The average Bonchev–Trinajstić information content (AvgIpc) is 2.96. The molecule has 3 rings (SSSR count). The maximum Gasteiger partial charge on any atom is 0.249 e. The van der Waals surface area contributed by atoms with Gasteiger partial charge < -0.3 is 16.0 Å². The minimum absolute atomic E-state index is 0.0908. The molecule has 1 fully saturated rings. The van der Waals surface area contributed by atoms with E-state index >= 15 is 0 Å². The summed E-state index contributed by atoms with van der Waals surface area (Å²) in [5, 5.41) is 2.72. The minimum Gasteiger partial charge on any atom is -0.344 e. The topological polar surface area (TPSA) is 75.4 Å². The molecule has 6 heteroatoms. The number of halogens is 1. The second-order valence-electron chi connectivity index (χ2n) is 6.07. The van der Waals surface area contributed by atoms with Crippen LogP contribution in [0.3, 0.4) is 0 Å². The fraction of sp³-hybridized carbons (Fsp3) is 0.263. The normalized spacial score (nSPS) is 18.2. The molecule has 0 spiro atoms. The maximum absolute atomic E-state index is 13.9. The number of benzene rings is 2. The van der Waals surface area contributed by atoms with Crippen molar-refractivity contribution in [1.82, 2.24) is 5.32 Å². The number of hydrogen-bond donors (Lipinski definition) is 2. The first-order valence-corrected chi connectivity index (χ1v) is 8.22. The molecule has 2 unspecified atom stereocenters. The fourth-order valence-electron chi connectivity index (χ4n) is 2.99. The number of carbonyl (C=O) groups is 2. The summed E-state index contributed by atoms with van der Waals surface area (Å²) in [5.41, 5.74) is 7.14. The Morgan fingerprint density at radius 3 is 2.60 bits per heavy atom. The molecule has 0 saturated carbocycles. The van der Waals surface area contributed by atoms with Crippen LogP contribution in [-0.2, 0) is 9.59 Å². The van der Waals surface area contributed by atoms with E-state index in [0.29, 0.717) is 13.0 Å². The summed E-state index contributed by atoms with van der Waals surface area (Å²) in [6.07, 6.45) is 0.535. The number of anilines is 1. The molecule has 25 heavy (non-hydrogen) atoms. The van der Waals surface area contributed by atoms with Crippen LogP contribution in [0.1, 0.15) is 24.4 Å². The van der Waals surface area contributed by atoms with Crippen molar-refractivity contribution in [2.24, 2.45) is 5.73 Å². The van der Waals surface area contributed by atoms with Crippen LogP contribution in [0.4, 0.5) is 10.1 Å². The number of nitrogens with zero attached hydrogens (tertiary/aromatic N) is 1. The molecule has 2 aromatic rings. The summed E-state index contributed by atoms with van der Waals surface area (Å²) in [4.78, 5) is 26.0. The van der Waals surface area contributed by atoms with Gasteiger partial charge in [0.05, 0.1) is 5.69 Å². The van der Waals surface area contributed by atoms with Gasteiger partial charge in [-0.05, 0) is 24.1 Å². The van der Waals surface area contributed by atoms with Crippen molar-refractivity contribution in [2.45, 2.75) is 24.9 Å². The number of amides is 2. The van der Waals surface area contributed by atoms with E-state index < -0.39 is 17.9 Å². The standard InChI is InChI=1S/C19H20FN3O2/c20-14-8-4-5-9-17(14)23-11-10-16(19(23)25)22-18(24)12-15(21)13-6-2-1-3-7-13/h1-9,15-16H,10-12,21H2,(H,22,24). The Morgan fingerprint density at radius 1 is 1.20 bits per heavy atom. The summed E-state index contributed by atoms with van der Waals surface area (Å²) in [6.45, 7) is 0.370. The molecular formula is C19H20FN3O2. The van der Waals surface area contributed by atoms with E-state index in [0.717, 1.165) is 5.56 Å². The van der Waals surface area contributed by atoms with E-state index in [2.05, 4.69) is 5.32 Å². The highest BCUT2D eigenvalue weighted by Gasteiger charge is 2.34. The van der Waals surface area contributed by atoms with E-state index in [4.69, 9.17) is 5.73 Å². The Balaban J connectivity index is 1.59. The van der Waals surface area contributed by atoms with Crippen LogP contribution in [-0.4, -0.2) is 24.4 Å². The molecule has 0 radical (unpaired) electrons. The summed E-state index contributed by atoms with van der Waals surface area (Å²) < 4.78 is 13.9. The van der Waals surface area contributed by atoms with Gasteiger partial charge in [0.15, 0.2) is 0 Å². The summed E-state index contributed by atoms with van der Waals surface area (Å²) in [6, 6.07) is 14.4. The Labute approximate surface area is 145 Å². The number of nitrogens with one attached hydrogen (secondary N) is 1. The Kier molecular flexibility index (Phi) is 5.09. The monoisotopic (exact) mass is 341 g/mol. The van der Waals surface area contributed by atoms with Gasteiger partial charge in [0, 0.05) is 19.0 Å². The van der Waals surface area contributed by atoms with Crippen LogP contribution in [0.5, 0.6) is 0 Å². The van der Waals surface area contributed by atoms with E-state index in [1.165, 1.54) is 11.0 Å². The molecule has 0 aliphatic carbocycles. The maximum atomic E-state index is 13.9. The number of rotatable bonds is 5. The second-order valence-corrected chi connectivity index (χ2v) is 6.07. The van der Waals surface area contributed by atoms with Crippen LogP contribution in [0, 0.1) is 5.82 Å². The van der Waals surface area contributed by atoms with Crippen molar-refractivity contribution in [3.63, 3.8) is 0 Å². The SMILES string of the molecule is NC(CC(=O)NC1CCN(c2ccccc2F)C1=O)c1ccccc1. The summed E-state index contributed by atoms with van der Waals surface area (Å²) in [7, 11) is 0. The van der Waals surface area contributed by atoms with Crippen LogP contribution in [0.25, 0.3) is 0 Å². The van der Waals surface area contributed by atoms with Gasteiger partial charge in [0.2, 0.25) is 11.8 Å². The molecule has 130 valence electrons. The smallest absolute Gasteiger partial charge is 0.249 e. The van der Waals surface area contributed by atoms with Crippen molar-refractivity contribution in [3.05, 3.63) is 66.0 Å². The summed E-state index contributed by atoms with van der Waals surface area (Å²) in [5.74, 6) is -1.04. The molecule has 2 amide bonds. The zero-order valence-electron chi connectivity index (χ0n) is 13.7. The molecule has 1 aliphatic rings. The molecule has 1 aliphatic heterocycles. The first kappa shape index (κ1) is 17.1. The molecule has 0 bridgehead atoms. The van der Waals surface area contributed by atoms with E-state index in [-0.39, 0.29) is 23.9 Å². The molecule has 3 N–H and O–H groups in total. The molecule has 0 aromatic heterocycles. The highest BCUT2D eigenvalue weighted by molar-refractivity contribution is 6.01. The predicted molar refractivity (Wildman–Crippen MR) is 93.3 cm³/mol. The lowest BCUT2D eigenvalue weighted by molar-refractivity contribution is -0.126. The van der Waals surface area contributed by atoms with Crippen molar-refractivity contribution in [1.29, 1.82) is 0 Å². The minimum atomic E-state index is -0.643. The van der Waals surface area contributed by atoms with Crippen LogP contribution >= 0.6 is 0 Å². The Morgan fingerprint density at radius 2 is 1.88 bits per heavy atom. The van der Waals surface area contributed by atoms with Crippen molar-refractivity contribution >= 4 is 17.5 Å². The van der Waals surface area contributed by atoms with E-state index in [1.54, 1.807) is 18.2 Å². The largest absolute Gasteiger partial charge is 0.344 e. The van der Waals surface area contributed by atoms with Gasteiger partial charge in [-0.15, -0.1) is 0 Å². The zero-order chi connectivity index (χ0) is 17.8. The van der Waals surface area contributed by atoms with E-state index in [1.807, 2.05) is 30.3 Å². The predicted octanol–water partition coefficient (Wildman–Crippen LogP) is 2.14. The van der Waals surface area contributed by atoms with E-state index in [9.17, 15) is 14.0 Å². The van der Waals surface area contributed by atoms with Crippen LogP contribution < -0.4 is 16.0 Å². The number of para-hydroxylation sites is 1. The molecule has 1 saturated heterocycles. The molecule has 1 heterocycles. The van der Waals surface area contributed by atoms with Gasteiger partial charge in [0.25, 0.3) is 0 Å². The first-order valence-electron chi connectivity index (χ1n) is 8.22.